The third kappa shape index (κ3) is 4.60. The Kier molecular flexibility index (Phi) is 5.35. The Hall–Kier alpha value is -0.120. The monoisotopic (exact) mass is 186 g/mol. The molecule has 0 heterocycles. The van der Waals surface area contributed by atoms with Gasteiger partial charge in [-0.05, 0) is 19.8 Å². The van der Waals surface area contributed by atoms with Crippen LogP contribution in [0.3, 0.4) is 0 Å². The van der Waals surface area contributed by atoms with Crippen LogP contribution in [0.25, 0.3) is 0 Å². The molecule has 0 amide bonds. The predicted molar refractivity (Wildman–Crippen MR) is 54.7 cm³/mol. The summed E-state index contributed by atoms with van der Waals surface area (Å²) < 4.78 is 5.69. The molecule has 0 aromatic heterocycles. The lowest BCUT2D eigenvalue weighted by atomic mass is 10.3. The summed E-state index contributed by atoms with van der Waals surface area (Å²) in [4.78, 5) is 0. The van der Waals surface area contributed by atoms with Crippen molar-refractivity contribution in [2.45, 2.75) is 44.8 Å². The molecular formula is C10H22N2O. The standard InChI is InChI=1S/C10H22N2O/c1-9(8-11)12-6-7-13-10-4-2-3-5-10/h9-10,12H,2-8,11H2,1H3. The number of rotatable bonds is 6. The Morgan fingerprint density at radius 3 is 2.77 bits per heavy atom. The smallest absolute Gasteiger partial charge is 0.0594 e. The van der Waals surface area contributed by atoms with Gasteiger partial charge < -0.3 is 15.8 Å². The highest BCUT2D eigenvalue weighted by molar-refractivity contribution is 4.67. The second-order valence-corrected chi connectivity index (χ2v) is 3.87. The fraction of sp³-hybridized carbons (Fsp3) is 1.00. The van der Waals surface area contributed by atoms with Gasteiger partial charge in [-0.25, -0.2) is 0 Å². The number of nitrogens with two attached hydrogens (primary N) is 1. The molecule has 3 nitrogen and oxygen atoms in total. The van der Waals surface area contributed by atoms with E-state index in [1.807, 2.05) is 0 Å². The summed E-state index contributed by atoms with van der Waals surface area (Å²) in [7, 11) is 0. The molecule has 1 atom stereocenters. The molecule has 1 fully saturated rings. The Morgan fingerprint density at radius 1 is 1.46 bits per heavy atom. The van der Waals surface area contributed by atoms with Crippen molar-refractivity contribution >= 4 is 0 Å². The van der Waals surface area contributed by atoms with Gasteiger partial charge in [0, 0.05) is 19.1 Å². The number of hydrogen-bond donors (Lipinski definition) is 2. The summed E-state index contributed by atoms with van der Waals surface area (Å²) in [6, 6.07) is 0.409. The van der Waals surface area contributed by atoms with Gasteiger partial charge in [0.25, 0.3) is 0 Å². The van der Waals surface area contributed by atoms with Crippen molar-refractivity contribution in [3.8, 4) is 0 Å². The van der Waals surface area contributed by atoms with E-state index in [2.05, 4.69) is 12.2 Å². The first-order chi connectivity index (χ1) is 6.33. The van der Waals surface area contributed by atoms with E-state index in [-0.39, 0.29) is 0 Å². The fourth-order valence-electron chi connectivity index (χ4n) is 1.67. The summed E-state index contributed by atoms with van der Waals surface area (Å²) in [5, 5.41) is 3.31. The average Bonchev–Trinajstić information content (AvgIpc) is 2.64. The van der Waals surface area contributed by atoms with Crippen LogP contribution in [0.1, 0.15) is 32.6 Å². The normalized spacial score (nSPS) is 20.8. The first-order valence-corrected chi connectivity index (χ1v) is 5.38. The van der Waals surface area contributed by atoms with Crippen molar-refractivity contribution in [3.05, 3.63) is 0 Å². The van der Waals surface area contributed by atoms with Crippen molar-refractivity contribution in [2.24, 2.45) is 5.73 Å². The van der Waals surface area contributed by atoms with Gasteiger partial charge in [0.05, 0.1) is 12.7 Å². The first kappa shape index (κ1) is 11.0. The fourth-order valence-corrected chi connectivity index (χ4v) is 1.67. The molecule has 0 saturated heterocycles. The Bertz CT molecular complexity index is 124. The molecule has 3 heteroatoms. The van der Waals surface area contributed by atoms with Gasteiger partial charge >= 0.3 is 0 Å². The van der Waals surface area contributed by atoms with Crippen LogP contribution < -0.4 is 11.1 Å². The highest BCUT2D eigenvalue weighted by atomic mass is 16.5. The topological polar surface area (TPSA) is 47.3 Å². The Balaban J connectivity index is 1.88. The van der Waals surface area contributed by atoms with Crippen molar-refractivity contribution < 1.29 is 4.74 Å². The van der Waals surface area contributed by atoms with Crippen molar-refractivity contribution in [1.29, 1.82) is 0 Å². The van der Waals surface area contributed by atoms with E-state index in [9.17, 15) is 0 Å². The van der Waals surface area contributed by atoms with Crippen molar-refractivity contribution in [1.82, 2.24) is 5.32 Å². The van der Waals surface area contributed by atoms with Crippen LogP contribution in [0.5, 0.6) is 0 Å². The lowest BCUT2D eigenvalue weighted by molar-refractivity contribution is 0.0595. The van der Waals surface area contributed by atoms with Gasteiger partial charge in [0.15, 0.2) is 0 Å². The highest BCUT2D eigenvalue weighted by Gasteiger charge is 2.14. The third-order valence-corrected chi connectivity index (χ3v) is 2.60. The van der Waals surface area contributed by atoms with E-state index in [4.69, 9.17) is 10.5 Å². The molecule has 0 bridgehead atoms. The van der Waals surface area contributed by atoms with Crippen LogP contribution in [0.4, 0.5) is 0 Å². The van der Waals surface area contributed by atoms with Gasteiger partial charge in [-0.1, -0.05) is 12.8 Å². The summed E-state index contributed by atoms with van der Waals surface area (Å²) in [5.41, 5.74) is 5.47. The summed E-state index contributed by atoms with van der Waals surface area (Å²) in [5.74, 6) is 0. The Morgan fingerprint density at radius 2 is 2.15 bits per heavy atom. The van der Waals surface area contributed by atoms with Crippen molar-refractivity contribution in [2.75, 3.05) is 19.7 Å². The molecule has 0 radical (unpaired) electrons. The van der Waals surface area contributed by atoms with Crippen LogP contribution in [0, 0.1) is 0 Å². The van der Waals surface area contributed by atoms with Crippen LogP contribution in [-0.2, 0) is 4.74 Å². The predicted octanol–water partition coefficient (Wildman–Crippen LogP) is 0.882. The molecule has 1 aliphatic rings. The largest absolute Gasteiger partial charge is 0.377 e. The zero-order chi connectivity index (χ0) is 9.52. The lowest BCUT2D eigenvalue weighted by Gasteiger charge is -2.14. The number of nitrogens with one attached hydrogen (secondary N) is 1. The molecule has 1 unspecified atom stereocenters. The molecule has 0 aromatic rings. The summed E-state index contributed by atoms with van der Waals surface area (Å²) >= 11 is 0. The molecule has 1 rings (SSSR count). The average molecular weight is 186 g/mol. The van der Waals surface area contributed by atoms with Crippen LogP contribution in [0.15, 0.2) is 0 Å². The maximum atomic E-state index is 5.69. The van der Waals surface area contributed by atoms with E-state index in [0.29, 0.717) is 18.7 Å². The Labute approximate surface area is 81.0 Å². The first-order valence-electron chi connectivity index (χ1n) is 5.38. The van der Waals surface area contributed by atoms with Crippen molar-refractivity contribution in [3.63, 3.8) is 0 Å². The maximum absolute atomic E-state index is 5.69. The zero-order valence-corrected chi connectivity index (χ0v) is 8.59. The zero-order valence-electron chi connectivity index (χ0n) is 8.59. The molecule has 0 aromatic carbocycles. The quantitative estimate of drug-likeness (QED) is 0.605. The van der Waals surface area contributed by atoms with Gasteiger partial charge in [-0.3, -0.25) is 0 Å². The van der Waals surface area contributed by atoms with E-state index < -0.39 is 0 Å². The van der Waals surface area contributed by atoms with Crippen LogP contribution in [0.2, 0.25) is 0 Å². The van der Waals surface area contributed by atoms with Gasteiger partial charge in [-0.15, -0.1) is 0 Å². The lowest BCUT2D eigenvalue weighted by Crippen LogP contribution is -2.35. The molecule has 78 valence electrons. The summed E-state index contributed by atoms with van der Waals surface area (Å²) in [6.07, 6.45) is 5.74. The van der Waals surface area contributed by atoms with E-state index >= 15 is 0 Å². The molecule has 1 saturated carbocycles. The number of ether oxygens (including phenoxy) is 1. The second kappa shape index (κ2) is 6.35. The van der Waals surface area contributed by atoms with Gasteiger partial charge in [0.2, 0.25) is 0 Å². The van der Waals surface area contributed by atoms with Crippen LogP contribution >= 0.6 is 0 Å². The highest BCUT2D eigenvalue weighted by Crippen LogP contribution is 2.20. The molecule has 0 spiro atoms. The molecule has 3 N–H and O–H groups in total. The maximum Gasteiger partial charge on any atom is 0.0594 e. The summed E-state index contributed by atoms with van der Waals surface area (Å²) in [6.45, 7) is 4.54. The SMILES string of the molecule is CC(CN)NCCOC1CCCC1. The minimum atomic E-state index is 0.409. The molecule has 1 aliphatic carbocycles. The number of hydrogen-bond acceptors (Lipinski definition) is 3. The van der Waals surface area contributed by atoms with Crippen LogP contribution in [-0.4, -0.2) is 31.8 Å². The molecule has 0 aliphatic heterocycles. The third-order valence-electron chi connectivity index (χ3n) is 2.60. The van der Waals surface area contributed by atoms with E-state index in [1.54, 1.807) is 0 Å². The van der Waals surface area contributed by atoms with E-state index in [0.717, 1.165) is 13.2 Å². The molecule has 13 heavy (non-hydrogen) atoms. The minimum absolute atomic E-state index is 0.409. The second-order valence-electron chi connectivity index (χ2n) is 3.87. The van der Waals surface area contributed by atoms with Gasteiger partial charge in [0.1, 0.15) is 0 Å². The molecular weight excluding hydrogens is 164 g/mol. The minimum Gasteiger partial charge on any atom is -0.377 e. The van der Waals surface area contributed by atoms with Gasteiger partial charge in [-0.2, -0.15) is 0 Å². The van der Waals surface area contributed by atoms with E-state index in [1.165, 1.54) is 25.7 Å².